The van der Waals surface area contributed by atoms with Gasteiger partial charge in [0.2, 0.25) is 5.91 Å². The van der Waals surface area contributed by atoms with Gasteiger partial charge in [0.25, 0.3) is 0 Å². The molecular formula is C14H24N2O4. The molecule has 0 saturated carbocycles. The van der Waals surface area contributed by atoms with E-state index in [0.29, 0.717) is 13.2 Å². The molecule has 2 saturated heterocycles. The monoisotopic (exact) mass is 284 g/mol. The van der Waals surface area contributed by atoms with Crippen LogP contribution in [0.3, 0.4) is 0 Å². The van der Waals surface area contributed by atoms with Crippen molar-refractivity contribution < 1.29 is 19.4 Å². The molecule has 3 atom stereocenters. The van der Waals surface area contributed by atoms with Crippen molar-refractivity contribution in [1.82, 2.24) is 9.80 Å². The summed E-state index contributed by atoms with van der Waals surface area (Å²) in [5.41, 5.74) is 0. The molecule has 1 amide bonds. The third kappa shape index (κ3) is 3.12. The lowest BCUT2D eigenvalue weighted by atomic mass is 9.99. The van der Waals surface area contributed by atoms with Gasteiger partial charge in [0.05, 0.1) is 25.2 Å². The zero-order valence-electron chi connectivity index (χ0n) is 12.2. The summed E-state index contributed by atoms with van der Waals surface area (Å²) >= 11 is 0. The quantitative estimate of drug-likeness (QED) is 0.785. The van der Waals surface area contributed by atoms with Gasteiger partial charge in [-0.1, -0.05) is 6.92 Å². The van der Waals surface area contributed by atoms with E-state index < -0.39 is 11.9 Å². The van der Waals surface area contributed by atoms with Gasteiger partial charge < -0.3 is 19.6 Å². The average Bonchev–Trinajstić information content (AvgIpc) is 3.03. The van der Waals surface area contributed by atoms with Gasteiger partial charge in [-0.15, -0.1) is 0 Å². The van der Waals surface area contributed by atoms with Crippen molar-refractivity contribution in [3.05, 3.63) is 0 Å². The maximum atomic E-state index is 12.7. The summed E-state index contributed by atoms with van der Waals surface area (Å²) in [7, 11) is 2.01. The highest BCUT2D eigenvalue weighted by atomic mass is 16.5. The number of likely N-dealkylation sites (tertiary alicyclic amines) is 1. The molecule has 6 heteroatoms. The molecule has 0 radical (unpaired) electrons. The molecule has 20 heavy (non-hydrogen) atoms. The minimum atomic E-state index is -0.870. The lowest BCUT2D eigenvalue weighted by Crippen LogP contribution is -2.49. The lowest BCUT2D eigenvalue weighted by molar-refractivity contribution is -0.146. The van der Waals surface area contributed by atoms with Gasteiger partial charge in [0, 0.05) is 13.1 Å². The summed E-state index contributed by atoms with van der Waals surface area (Å²) in [6, 6.07) is -0.314. The molecule has 2 fully saturated rings. The van der Waals surface area contributed by atoms with Crippen LogP contribution in [-0.4, -0.2) is 72.7 Å². The summed E-state index contributed by atoms with van der Waals surface area (Å²) in [6.45, 7) is 4.86. The van der Waals surface area contributed by atoms with Crippen LogP contribution in [0.25, 0.3) is 0 Å². The van der Waals surface area contributed by atoms with E-state index in [9.17, 15) is 14.7 Å². The molecular weight excluding hydrogens is 260 g/mol. The molecule has 1 N–H and O–H groups in total. The first-order chi connectivity index (χ1) is 9.54. The largest absolute Gasteiger partial charge is 0.481 e. The highest BCUT2D eigenvalue weighted by Gasteiger charge is 2.42. The Kier molecular flexibility index (Phi) is 4.99. The summed E-state index contributed by atoms with van der Waals surface area (Å²) in [5, 5.41) is 9.26. The maximum Gasteiger partial charge on any atom is 0.311 e. The second-order valence-corrected chi connectivity index (χ2v) is 5.83. The lowest BCUT2D eigenvalue weighted by Gasteiger charge is -2.32. The van der Waals surface area contributed by atoms with Crippen LogP contribution in [0.4, 0.5) is 0 Å². The standard InChI is InChI=1S/C14H24N2O4/c1-3-5-16(12-9-20-8-11(12)14(18)19)13(17)10-4-6-15(2)7-10/h10-12H,3-9H2,1-2H3,(H,18,19). The van der Waals surface area contributed by atoms with Gasteiger partial charge in [-0.05, 0) is 26.4 Å². The van der Waals surface area contributed by atoms with Crippen molar-refractivity contribution >= 4 is 11.9 Å². The Morgan fingerprint density at radius 1 is 1.40 bits per heavy atom. The smallest absolute Gasteiger partial charge is 0.311 e. The third-order valence-electron chi connectivity index (χ3n) is 4.26. The summed E-state index contributed by atoms with van der Waals surface area (Å²) in [6.07, 6.45) is 1.69. The van der Waals surface area contributed by atoms with Crippen molar-refractivity contribution in [2.24, 2.45) is 11.8 Å². The number of nitrogens with zero attached hydrogens (tertiary/aromatic N) is 2. The number of ether oxygens (including phenoxy) is 1. The molecule has 6 nitrogen and oxygen atoms in total. The normalized spacial score (nSPS) is 30.6. The van der Waals surface area contributed by atoms with Crippen LogP contribution in [0, 0.1) is 11.8 Å². The fourth-order valence-electron chi connectivity index (χ4n) is 3.14. The predicted octanol–water partition coefficient (Wildman–Crippen LogP) is 0.276. The second-order valence-electron chi connectivity index (χ2n) is 5.83. The number of aliphatic carboxylic acids is 1. The maximum absolute atomic E-state index is 12.7. The molecule has 0 aliphatic carbocycles. The third-order valence-corrected chi connectivity index (χ3v) is 4.26. The van der Waals surface area contributed by atoms with Gasteiger partial charge in [0.15, 0.2) is 0 Å². The highest BCUT2D eigenvalue weighted by Crippen LogP contribution is 2.25. The number of carbonyl (C=O) groups excluding carboxylic acids is 1. The number of hydrogen-bond acceptors (Lipinski definition) is 4. The minimum Gasteiger partial charge on any atom is -0.481 e. The zero-order valence-corrected chi connectivity index (χ0v) is 12.2. The second kappa shape index (κ2) is 6.54. The van der Waals surface area contributed by atoms with E-state index in [1.807, 2.05) is 14.0 Å². The van der Waals surface area contributed by atoms with E-state index >= 15 is 0 Å². The highest BCUT2D eigenvalue weighted by molar-refractivity contribution is 5.81. The first kappa shape index (κ1) is 15.3. The van der Waals surface area contributed by atoms with E-state index in [-0.39, 0.29) is 24.5 Å². The van der Waals surface area contributed by atoms with Crippen LogP contribution in [0.15, 0.2) is 0 Å². The van der Waals surface area contributed by atoms with Crippen LogP contribution in [-0.2, 0) is 14.3 Å². The van der Waals surface area contributed by atoms with E-state index in [1.54, 1.807) is 4.90 Å². The van der Waals surface area contributed by atoms with E-state index in [2.05, 4.69) is 4.90 Å². The van der Waals surface area contributed by atoms with E-state index in [1.165, 1.54) is 0 Å². The van der Waals surface area contributed by atoms with Gasteiger partial charge in [0.1, 0.15) is 5.92 Å². The molecule has 2 aliphatic heterocycles. The molecule has 0 bridgehead atoms. The Balaban J connectivity index is 2.09. The predicted molar refractivity (Wildman–Crippen MR) is 73.3 cm³/mol. The number of amides is 1. The number of carboxylic acids is 1. The molecule has 2 heterocycles. The van der Waals surface area contributed by atoms with Gasteiger partial charge >= 0.3 is 5.97 Å². The van der Waals surface area contributed by atoms with Crippen molar-refractivity contribution in [2.45, 2.75) is 25.8 Å². The molecule has 3 unspecified atom stereocenters. The summed E-state index contributed by atoms with van der Waals surface area (Å²) in [4.78, 5) is 27.9. The molecule has 0 spiro atoms. The van der Waals surface area contributed by atoms with Crippen LogP contribution < -0.4 is 0 Å². The molecule has 0 aromatic heterocycles. The minimum absolute atomic E-state index is 0.00148. The molecule has 0 aromatic carbocycles. The Bertz CT molecular complexity index is 374. The number of hydrogen-bond donors (Lipinski definition) is 1. The first-order valence-corrected chi connectivity index (χ1v) is 7.34. The van der Waals surface area contributed by atoms with Gasteiger partial charge in [-0.25, -0.2) is 0 Å². The fraction of sp³-hybridized carbons (Fsp3) is 0.857. The van der Waals surface area contributed by atoms with Crippen LogP contribution >= 0.6 is 0 Å². The molecule has 2 rings (SSSR count). The first-order valence-electron chi connectivity index (χ1n) is 7.34. The Labute approximate surface area is 119 Å². The fourth-order valence-corrected chi connectivity index (χ4v) is 3.14. The SMILES string of the molecule is CCCN(C(=O)C1CCN(C)C1)C1COCC1C(=O)O. The van der Waals surface area contributed by atoms with Crippen molar-refractivity contribution in [3.63, 3.8) is 0 Å². The Morgan fingerprint density at radius 2 is 2.15 bits per heavy atom. The average molecular weight is 284 g/mol. The zero-order chi connectivity index (χ0) is 14.7. The van der Waals surface area contributed by atoms with Crippen molar-refractivity contribution in [2.75, 3.05) is 39.9 Å². The topological polar surface area (TPSA) is 70.1 Å². The number of carbonyl (C=O) groups is 2. The number of carboxylic acid groups (broad SMARTS) is 1. The molecule has 0 aromatic rings. The van der Waals surface area contributed by atoms with Crippen molar-refractivity contribution in [1.29, 1.82) is 0 Å². The van der Waals surface area contributed by atoms with Crippen LogP contribution in [0.5, 0.6) is 0 Å². The van der Waals surface area contributed by atoms with E-state index in [0.717, 1.165) is 25.9 Å². The van der Waals surface area contributed by atoms with Crippen LogP contribution in [0.2, 0.25) is 0 Å². The molecule has 2 aliphatic rings. The Hall–Kier alpha value is -1.14. The van der Waals surface area contributed by atoms with Gasteiger partial charge in [-0.3, -0.25) is 9.59 Å². The number of rotatable bonds is 5. The summed E-state index contributed by atoms with van der Waals surface area (Å²) in [5.74, 6) is -1.37. The van der Waals surface area contributed by atoms with Gasteiger partial charge in [-0.2, -0.15) is 0 Å². The van der Waals surface area contributed by atoms with Crippen LogP contribution in [0.1, 0.15) is 19.8 Å². The van der Waals surface area contributed by atoms with E-state index in [4.69, 9.17) is 4.74 Å². The molecule has 114 valence electrons. The summed E-state index contributed by atoms with van der Waals surface area (Å²) < 4.78 is 5.31. The Morgan fingerprint density at radius 3 is 2.70 bits per heavy atom. The van der Waals surface area contributed by atoms with Crippen molar-refractivity contribution in [3.8, 4) is 0 Å².